The van der Waals surface area contributed by atoms with E-state index >= 15 is 0 Å². The molecule has 10 aromatic rings. The van der Waals surface area contributed by atoms with Gasteiger partial charge >= 0.3 is 0 Å². The van der Waals surface area contributed by atoms with Crippen LogP contribution in [0.3, 0.4) is 0 Å². The van der Waals surface area contributed by atoms with Gasteiger partial charge in [-0.05, 0) is 108 Å². The standard InChI is InChI=1S/C53H38N2/c1-2-50-54-48-32-13-14-33-49(48)55(50)41-25-16-24-40(35-41)53-46-28-11-9-26-44(46)52(45-27-10-12-29-47(45)53)39-23-15-22-38(34-39)51-42(36-18-5-3-6-19-36)30-17-31-43(51)37-20-7-4-8-21-37/h3-35H,2H2,1H3. The van der Waals surface area contributed by atoms with Crippen molar-refractivity contribution in [3.63, 3.8) is 0 Å². The van der Waals surface area contributed by atoms with Crippen LogP contribution in [0, 0.1) is 0 Å². The Balaban J connectivity index is 1.20. The van der Waals surface area contributed by atoms with E-state index in [4.69, 9.17) is 4.98 Å². The lowest BCUT2D eigenvalue weighted by Crippen LogP contribution is -2.00. The quantitative estimate of drug-likeness (QED) is 0.151. The van der Waals surface area contributed by atoms with E-state index in [1.54, 1.807) is 0 Å². The van der Waals surface area contributed by atoms with Crippen LogP contribution in [0.2, 0.25) is 0 Å². The first-order valence-corrected chi connectivity index (χ1v) is 19.1. The molecule has 2 heteroatoms. The molecule has 0 N–H and O–H groups in total. The molecule has 0 fully saturated rings. The highest BCUT2D eigenvalue weighted by Gasteiger charge is 2.20. The van der Waals surface area contributed by atoms with Crippen molar-refractivity contribution < 1.29 is 0 Å². The molecule has 1 heterocycles. The molecular weight excluding hydrogens is 665 g/mol. The zero-order chi connectivity index (χ0) is 36.7. The smallest absolute Gasteiger partial charge is 0.114 e. The predicted octanol–water partition coefficient (Wildman–Crippen LogP) is 14.2. The summed E-state index contributed by atoms with van der Waals surface area (Å²) in [5, 5.41) is 4.95. The van der Waals surface area contributed by atoms with Crippen molar-refractivity contribution >= 4 is 32.6 Å². The normalized spacial score (nSPS) is 11.4. The average Bonchev–Trinajstić information content (AvgIpc) is 3.65. The molecule has 0 amide bonds. The van der Waals surface area contributed by atoms with Crippen molar-refractivity contribution in [1.82, 2.24) is 9.55 Å². The van der Waals surface area contributed by atoms with E-state index in [1.807, 2.05) is 0 Å². The van der Waals surface area contributed by atoms with Crippen LogP contribution in [-0.4, -0.2) is 9.55 Å². The SMILES string of the molecule is CCc1nc2ccccc2n1-c1cccc(-c2c3ccccc3c(-c3cccc(-c4c(-c5ccccc5)cccc4-c4ccccc4)c3)c3ccccc23)c1. The van der Waals surface area contributed by atoms with Gasteiger partial charge in [0, 0.05) is 12.1 Å². The second-order valence-electron chi connectivity index (χ2n) is 14.1. The number of para-hydroxylation sites is 2. The summed E-state index contributed by atoms with van der Waals surface area (Å²) in [6.45, 7) is 2.18. The van der Waals surface area contributed by atoms with E-state index in [0.717, 1.165) is 29.0 Å². The zero-order valence-corrected chi connectivity index (χ0v) is 30.7. The summed E-state index contributed by atoms with van der Waals surface area (Å²) in [6.07, 6.45) is 0.848. The third-order valence-corrected chi connectivity index (χ3v) is 10.9. The molecule has 1 aromatic heterocycles. The fourth-order valence-corrected chi connectivity index (χ4v) is 8.56. The highest BCUT2D eigenvalue weighted by molar-refractivity contribution is 6.21. The second kappa shape index (κ2) is 13.7. The Morgan fingerprint density at radius 3 is 1.38 bits per heavy atom. The van der Waals surface area contributed by atoms with Crippen LogP contribution >= 0.6 is 0 Å². The Kier molecular flexibility index (Phi) is 8.15. The van der Waals surface area contributed by atoms with Gasteiger partial charge in [0.1, 0.15) is 5.82 Å². The fraction of sp³-hybridized carbons (Fsp3) is 0.0377. The molecule has 55 heavy (non-hydrogen) atoms. The second-order valence-corrected chi connectivity index (χ2v) is 14.1. The molecule has 10 rings (SSSR count). The van der Waals surface area contributed by atoms with Gasteiger partial charge in [0.05, 0.1) is 11.0 Å². The molecule has 0 saturated heterocycles. The monoisotopic (exact) mass is 702 g/mol. The summed E-state index contributed by atoms with van der Waals surface area (Å²) >= 11 is 0. The molecule has 0 aliphatic heterocycles. The van der Waals surface area contributed by atoms with E-state index in [0.29, 0.717) is 0 Å². The number of hydrogen-bond acceptors (Lipinski definition) is 1. The predicted molar refractivity (Wildman–Crippen MR) is 233 cm³/mol. The summed E-state index contributed by atoms with van der Waals surface area (Å²) in [4.78, 5) is 4.99. The van der Waals surface area contributed by atoms with Gasteiger partial charge in [0.25, 0.3) is 0 Å². The highest BCUT2D eigenvalue weighted by Crippen LogP contribution is 2.46. The van der Waals surface area contributed by atoms with Gasteiger partial charge in [-0.15, -0.1) is 0 Å². The maximum atomic E-state index is 4.99. The van der Waals surface area contributed by atoms with E-state index in [9.17, 15) is 0 Å². The van der Waals surface area contributed by atoms with Crippen molar-refractivity contribution in [2.45, 2.75) is 13.3 Å². The van der Waals surface area contributed by atoms with Gasteiger partial charge < -0.3 is 0 Å². The molecule has 0 aliphatic carbocycles. The lowest BCUT2D eigenvalue weighted by molar-refractivity contribution is 0.908. The summed E-state index contributed by atoms with van der Waals surface area (Å²) in [7, 11) is 0. The number of hydrogen-bond donors (Lipinski definition) is 0. The Bertz CT molecular complexity index is 2890. The van der Waals surface area contributed by atoms with Gasteiger partial charge in [-0.2, -0.15) is 0 Å². The number of benzene rings is 9. The van der Waals surface area contributed by atoms with Crippen LogP contribution < -0.4 is 0 Å². The third-order valence-electron chi connectivity index (χ3n) is 10.9. The number of aryl methyl sites for hydroxylation is 1. The van der Waals surface area contributed by atoms with Gasteiger partial charge in [-0.25, -0.2) is 4.98 Å². The molecule has 0 aliphatic rings. The number of nitrogens with zero attached hydrogens (tertiary/aromatic N) is 2. The number of fused-ring (bicyclic) bond motifs is 3. The molecule has 9 aromatic carbocycles. The van der Waals surface area contributed by atoms with Crippen LogP contribution in [-0.2, 0) is 6.42 Å². The molecule has 0 bridgehead atoms. The third kappa shape index (κ3) is 5.62. The lowest BCUT2D eigenvalue weighted by Gasteiger charge is -2.20. The van der Waals surface area contributed by atoms with E-state index in [1.165, 1.54) is 77.2 Å². The summed E-state index contributed by atoms with van der Waals surface area (Å²) in [5.41, 5.74) is 15.5. The van der Waals surface area contributed by atoms with Crippen molar-refractivity contribution in [1.29, 1.82) is 0 Å². The van der Waals surface area contributed by atoms with E-state index in [2.05, 4.69) is 212 Å². The molecule has 0 radical (unpaired) electrons. The number of imidazole rings is 1. The van der Waals surface area contributed by atoms with E-state index < -0.39 is 0 Å². The maximum absolute atomic E-state index is 4.99. The number of rotatable bonds is 7. The lowest BCUT2D eigenvalue weighted by atomic mass is 9.84. The molecular formula is C53H38N2. The van der Waals surface area contributed by atoms with Gasteiger partial charge in [0.2, 0.25) is 0 Å². The summed E-state index contributed by atoms with van der Waals surface area (Å²) in [6, 6.07) is 72.7. The minimum Gasteiger partial charge on any atom is -0.296 e. The molecule has 0 atom stereocenters. The van der Waals surface area contributed by atoms with Crippen molar-refractivity contribution in [3.05, 3.63) is 206 Å². The van der Waals surface area contributed by atoms with Crippen LogP contribution in [0.4, 0.5) is 0 Å². The van der Waals surface area contributed by atoms with E-state index in [-0.39, 0.29) is 0 Å². The highest BCUT2D eigenvalue weighted by atomic mass is 15.1. The summed E-state index contributed by atoms with van der Waals surface area (Å²) in [5.74, 6) is 1.06. The first-order chi connectivity index (χ1) is 27.3. The minimum absolute atomic E-state index is 0.848. The van der Waals surface area contributed by atoms with Gasteiger partial charge in [0.15, 0.2) is 0 Å². The average molecular weight is 703 g/mol. The molecule has 0 spiro atoms. The van der Waals surface area contributed by atoms with Crippen LogP contribution in [0.5, 0.6) is 0 Å². The Hall–Kier alpha value is -7.03. The maximum Gasteiger partial charge on any atom is 0.114 e. The van der Waals surface area contributed by atoms with Crippen LogP contribution in [0.15, 0.2) is 200 Å². The molecule has 2 nitrogen and oxygen atoms in total. The molecule has 0 saturated carbocycles. The molecule has 0 unspecified atom stereocenters. The van der Waals surface area contributed by atoms with Crippen molar-refractivity contribution in [2.75, 3.05) is 0 Å². The fourth-order valence-electron chi connectivity index (χ4n) is 8.56. The zero-order valence-electron chi connectivity index (χ0n) is 30.7. The Labute approximate surface area is 321 Å². The largest absolute Gasteiger partial charge is 0.296 e. The first kappa shape index (κ1) is 32.6. The minimum atomic E-state index is 0.848. The summed E-state index contributed by atoms with van der Waals surface area (Å²) < 4.78 is 2.32. The topological polar surface area (TPSA) is 17.8 Å². The van der Waals surface area contributed by atoms with Crippen LogP contribution in [0.25, 0.3) is 93.9 Å². The van der Waals surface area contributed by atoms with Crippen molar-refractivity contribution in [2.24, 2.45) is 0 Å². The van der Waals surface area contributed by atoms with Gasteiger partial charge in [-0.1, -0.05) is 177 Å². The Morgan fingerprint density at radius 2 is 0.818 bits per heavy atom. The first-order valence-electron chi connectivity index (χ1n) is 19.1. The number of aromatic nitrogens is 2. The Morgan fingerprint density at radius 1 is 0.382 bits per heavy atom. The molecule has 260 valence electrons. The van der Waals surface area contributed by atoms with Gasteiger partial charge in [-0.3, -0.25) is 4.57 Å². The van der Waals surface area contributed by atoms with Crippen molar-refractivity contribution in [3.8, 4) is 61.3 Å². The van der Waals surface area contributed by atoms with Crippen LogP contribution in [0.1, 0.15) is 12.7 Å².